The van der Waals surface area contributed by atoms with Crippen molar-refractivity contribution in [3.8, 4) is 0 Å². The van der Waals surface area contributed by atoms with Gasteiger partial charge in [0.05, 0.1) is 5.01 Å². The quantitative estimate of drug-likeness (QED) is 0.688. The first-order valence-electron chi connectivity index (χ1n) is 3.87. The first-order chi connectivity index (χ1) is 5.82. The van der Waals surface area contributed by atoms with Gasteiger partial charge in [0, 0.05) is 10.8 Å². The zero-order chi connectivity index (χ0) is 10.2. The second kappa shape index (κ2) is 3.29. The molecular formula is C8H10F3NS. The van der Waals surface area contributed by atoms with E-state index in [1.165, 1.54) is 6.92 Å². The highest BCUT2D eigenvalue weighted by Crippen LogP contribution is 2.35. The number of alkyl halides is 3. The normalized spacial score (nSPS) is 12.5. The van der Waals surface area contributed by atoms with Crippen LogP contribution in [-0.2, 0) is 6.18 Å². The van der Waals surface area contributed by atoms with E-state index in [-0.39, 0.29) is 10.8 Å². The second-order valence-electron chi connectivity index (χ2n) is 3.11. The lowest BCUT2D eigenvalue weighted by Crippen LogP contribution is -2.07. The van der Waals surface area contributed by atoms with E-state index in [4.69, 9.17) is 0 Å². The predicted octanol–water partition coefficient (Wildman–Crippen LogP) is 3.59. The number of hydrogen-bond donors (Lipinski definition) is 0. The van der Waals surface area contributed by atoms with Crippen molar-refractivity contribution in [2.45, 2.75) is 32.9 Å². The summed E-state index contributed by atoms with van der Waals surface area (Å²) in [5.41, 5.74) is -0.735. The van der Waals surface area contributed by atoms with Crippen molar-refractivity contribution in [3.63, 3.8) is 0 Å². The van der Waals surface area contributed by atoms with Gasteiger partial charge in [-0.15, -0.1) is 11.3 Å². The van der Waals surface area contributed by atoms with Crippen LogP contribution in [0.25, 0.3) is 0 Å². The fraction of sp³-hybridized carbons (Fsp3) is 0.625. The molecule has 0 N–H and O–H groups in total. The monoisotopic (exact) mass is 209 g/mol. The number of hydrogen-bond acceptors (Lipinski definition) is 2. The third-order valence-corrected chi connectivity index (χ3v) is 2.85. The Morgan fingerprint density at radius 2 is 1.85 bits per heavy atom. The van der Waals surface area contributed by atoms with Crippen LogP contribution in [-0.4, -0.2) is 4.98 Å². The molecule has 0 radical (unpaired) electrons. The van der Waals surface area contributed by atoms with Crippen molar-refractivity contribution in [3.05, 3.63) is 15.6 Å². The summed E-state index contributed by atoms with van der Waals surface area (Å²) in [6.45, 7) is 5.11. The zero-order valence-electron chi connectivity index (χ0n) is 7.57. The molecule has 0 spiro atoms. The molecule has 1 aromatic heterocycles. The Morgan fingerprint density at radius 3 is 2.08 bits per heavy atom. The van der Waals surface area contributed by atoms with Gasteiger partial charge in [0.1, 0.15) is 0 Å². The molecule has 0 atom stereocenters. The number of nitrogens with zero attached hydrogens (tertiary/aromatic N) is 1. The van der Waals surface area contributed by atoms with Crippen LogP contribution in [0.3, 0.4) is 0 Å². The third kappa shape index (κ3) is 2.21. The molecular weight excluding hydrogens is 199 g/mol. The smallest absolute Gasteiger partial charge is 0.236 e. The van der Waals surface area contributed by atoms with E-state index in [1.54, 1.807) is 0 Å². The molecule has 74 valence electrons. The van der Waals surface area contributed by atoms with Crippen molar-refractivity contribution in [1.29, 1.82) is 0 Å². The van der Waals surface area contributed by atoms with Crippen LogP contribution in [0.5, 0.6) is 0 Å². The van der Waals surface area contributed by atoms with Crippen LogP contribution in [0.2, 0.25) is 0 Å². The van der Waals surface area contributed by atoms with Gasteiger partial charge in [-0.3, -0.25) is 0 Å². The SMILES string of the molecule is Cc1sc(C(C)C)nc1C(F)(F)F. The molecule has 0 saturated heterocycles. The van der Waals surface area contributed by atoms with Crippen molar-refractivity contribution in [2.75, 3.05) is 0 Å². The van der Waals surface area contributed by atoms with E-state index in [9.17, 15) is 13.2 Å². The highest BCUT2D eigenvalue weighted by Gasteiger charge is 2.36. The Bertz CT molecular complexity index is 301. The lowest BCUT2D eigenvalue weighted by molar-refractivity contribution is -0.141. The minimum Gasteiger partial charge on any atom is -0.236 e. The molecule has 0 unspecified atom stereocenters. The minimum atomic E-state index is -4.31. The molecule has 1 nitrogen and oxygen atoms in total. The molecule has 13 heavy (non-hydrogen) atoms. The summed E-state index contributed by atoms with van der Waals surface area (Å²) in [6, 6.07) is 0. The predicted molar refractivity (Wildman–Crippen MR) is 45.9 cm³/mol. The molecule has 0 aliphatic heterocycles. The fourth-order valence-electron chi connectivity index (χ4n) is 0.927. The zero-order valence-corrected chi connectivity index (χ0v) is 8.38. The maximum Gasteiger partial charge on any atom is 0.434 e. The van der Waals surface area contributed by atoms with Crippen LogP contribution in [0.1, 0.15) is 35.3 Å². The Morgan fingerprint density at radius 1 is 1.31 bits per heavy atom. The Kier molecular flexibility index (Phi) is 2.66. The lowest BCUT2D eigenvalue weighted by Gasteiger charge is -2.02. The van der Waals surface area contributed by atoms with Gasteiger partial charge >= 0.3 is 6.18 Å². The number of rotatable bonds is 1. The Balaban J connectivity index is 3.11. The maximum atomic E-state index is 12.3. The van der Waals surface area contributed by atoms with Gasteiger partial charge in [-0.05, 0) is 6.92 Å². The van der Waals surface area contributed by atoms with E-state index in [0.717, 1.165) is 11.3 Å². The average molecular weight is 209 g/mol. The highest BCUT2D eigenvalue weighted by atomic mass is 32.1. The largest absolute Gasteiger partial charge is 0.434 e. The van der Waals surface area contributed by atoms with Crippen LogP contribution < -0.4 is 0 Å². The van der Waals surface area contributed by atoms with E-state index < -0.39 is 11.9 Å². The lowest BCUT2D eigenvalue weighted by atomic mass is 10.2. The fourth-order valence-corrected chi connectivity index (χ4v) is 1.87. The summed E-state index contributed by atoms with van der Waals surface area (Å²) < 4.78 is 36.8. The van der Waals surface area contributed by atoms with E-state index in [2.05, 4.69) is 4.98 Å². The number of thiazole rings is 1. The number of aryl methyl sites for hydroxylation is 1. The summed E-state index contributed by atoms with van der Waals surface area (Å²) in [6.07, 6.45) is -4.31. The molecule has 1 aromatic rings. The molecule has 0 bridgehead atoms. The summed E-state index contributed by atoms with van der Waals surface area (Å²) in [5, 5.41) is 0.546. The molecule has 5 heteroatoms. The van der Waals surface area contributed by atoms with Gasteiger partial charge in [-0.1, -0.05) is 13.8 Å². The van der Waals surface area contributed by atoms with Crippen LogP contribution >= 0.6 is 11.3 Å². The molecule has 0 aliphatic carbocycles. The van der Waals surface area contributed by atoms with Crippen LogP contribution in [0, 0.1) is 6.92 Å². The Hall–Kier alpha value is -0.580. The average Bonchev–Trinajstić information content (AvgIpc) is 2.29. The molecule has 1 heterocycles. The van der Waals surface area contributed by atoms with E-state index in [0.29, 0.717) is 5.01 Å². The highest BCUT2D eigenvalue weighted by molar-refractivity contribution is 7.11. The standard InChI is InChI=1S/C8H10F3NS/c1-4(2)7-12-6(5(3)13-7)8(9,10)11/h4H,1-3H3. The number of aromatic nitrogens is 1. The third-order valence-electron chi connectivity index (χ3n) is 1.58. The van der Waals surface area contributed by atoms with Gasteiger partial charge in [0.25, 0.3) is 0 Å². The maximum absolute atomic E-state index is 12.3. The topological polar surface area (TPSA) is 12.9 Å². The van der Waals surface area contributed by atoms with Crippen LogP contribution in [0.15, 0.2) is 0 Å². The van der Waals surface area contributed by atoms with Crippen molar-refractivity contribution >= 4 is 11.3 Å². The minimum absolute atomic E-state index is 0.0554. The molecule has 0 amide bonds. The summed E-state index contributed by atoms with van der Waals surface area (Å²) >= 11 is 1.12. The first-order valence-corrected chi connectivity index (χ1v) is 4.68. The van der Waals surface area contributed by atoms with Gasteiger partial charge < -0.3 is 0 Å². The second-order valence-corrected chi connectivity index (χ2v) is 4.34. The molecule has 0 fully saturated rings. The molecule has 0 saturated carbocycles. The van der Waals surface area contributed by atoms with Gasteiger partial charge in [0.15, 0.2) is 5.69 Å². The van der Waals surface area contributed by atoms with Gasteiger partial charge in [-0.25, -0.2) is 4.98 Å². The van der Waals surface area contributed by atoms with Crippen molar-refractivity contribution in [1.82, 2.24) is 4.98 Å². The van der Waals surface area contributed by atoms with Gasteiger partial charge in [-0.2, -0.15) is 13.2 Å². The van der Waals surface area contributed by atoms with Crippen molar-refractivity contribution < 1.29 is 13.2 Å². The summed E-state index contributed by atoms with van der Waals surface area (Å²) in [7, 11) is 0. The summed E-state index contributed by atoms with van der Waals surface area (Å²) in [4.78, 5) is 3.82. The number of halogens is 3. The van der Waals surface area contributed by atoms with Crippen molar-refractivity contribution in [2.24, 2.45) is 0 Å². The van der Waals surface area contributed by atoms with E-state index in [1.807, 2.05) is 13.8 Å². The Labute approximate surface area is 78.6 Å². The molecule has 0 aromatic carbocycles. The summed E-state index contributed by atoms with van der Waals surface area (Å²) in [5.74, 6) is 0.0554. The first kappa shape index (κ1) is 10.5. The molecule has 1 rings (SSSR count). The van der Waals surface area contributed by atoms with Gasteiger partial charge in [0.2, 0.25) is 0 Å². The van der Waals surface area contributed by atoms with E-state index >= 15 is 0 Å². The van der Waals surface area contributed by atoms with Crippen LogP contribution in [0.4, 0.5) is 13.2 Å². The molecule has 0 aliphatic rings.